The van der Waals surface area contributed by atoms with Crippen molar-refractivity contribution in [3.63, 3.8) is 0 Å². The lowest BCUT2D eigenvalue weighted by atomic mass is 10.1. The maximum absolute atomic E-state index is 11.5. The van der Waals surface area contributed by atoms with Gasteiger partial charge in [-0.25, -0.2) is 4.79 Å². The zero-order chi connectivity index (χ0) is 15.1. The fourth-order valence-corrected chi connectivity index (χ4v) is 2.02. The van der Waals surface area contributed by atoms with Gasteiger partial charge in [0.05, 0.1) is 19.3 Å². The van der Waals surface area contributed by atoms with Crippen molar-refractivity contribution in [2.75, 3.05) is 19.0 Å². The molecule has 110 valence electrons. The number of nitrogens with one attached hydrogen (secondary N) is 1. The third kappa shape index (κ3) is 3.99. The number of carbonyl (C=O) groups is 1. The second-order valence-electron chi connectivity index (χ2n) is 4.47. The molecular weight excluding hydrogens is 266 g/mol. The average Bonchev–Trinajstić information content (AvgIpc) is 2.54. The predicted octanol–water partition coefficient (Wildman–Crippen LogP) is 3.48. The average molecular weight is 285 g/mol. The van der Waals surface area contributed by atoms with E-state index in [-0.39, 0.29) is 5.97 Å². The molecule has 21 heavy (non-hydrogen) atoms. The van der Waals surface area contributed by atoms with E-state index in [0.717, 1.165) is 17.0 Å². The topological polar surface area (TPSA) is 47.6 Å². The van der Waals surface area contributed by atoms with Gasteiger partial charge in [0.25, 0.3) is 0 Å². The monoisotopic (exact) mass is 285 g/mol. The molecule has 0 saturated heterocycles. The molecule has 2 rings (SSSR count). The van der Waals surface area contributed by atoms with Gasteiger partial charge in [-0.05, 0) is 31.2 Å². The van der Waals surface area contributed by atoms with Crippen molar-refractivity contribution in [2.45, 2.75) is 13.5 Å². The quantitative estimate of drug-likeness (QED) is 0.825. The first-order valence-electron chi connectivity index (χ1n) is 6.87. The summed E-state index contributed by atoms with van der Waals surface area (Å²) in [7, 11) is 1.38. The van der Waals surface area contributed by atoms with Crippen molar-refractivity contribution >= 4 is 11.7 Å². The number of carbonyl (C=O) groups excluding carboxylic acids is 1. The Bertz CT molecular complexity index is 610. The summed E-state index contributed by atoms with van der Waals surface area (Å²) in [6.07, 6.45) is 0. The van der Waals surface area contributed by atoms with Crippen LogP contribution in [0.25, 0.3) is 0 Å². The molecule has 0 bridgehead atoms. The molecule has 0 radical (unpaired) electrons. The highest BCUT2D eigenvalue weighted by atomic mass is 16.5. The fraction of sp³-hybridized carbons (Fsp3) is 0.235. The smallest absolute Gasteiger partial charge is 0.337 e. The van der Waals surface area contributed by atoms with Crippen LogP contribution >= 0.6 is 0 Å². The van der Waals surface area contributed by atoms with Crippen LogP contribution in [0.3, 0.4) is 0 Å². The van der Waals surface area contributed by atoms with Gasteiger partial charge in [-0.15, -0.1) is 0 Å². The summed E-state index contributed by atoms with van der Waals surface area (Å²) in [4.78, 5) is 11.5. The fourth-order valence-electron chi connectivity index (χ4n) is 2.02. The lowest BCUT2D eigenvalue weighted by Gasteiger charge is -2.12. The first-order valence-corrected chi connectivity index (χ1v) is 6.87. The van der Waals surface area contributed by atoms with Crippen LogP contribution in [0.2, 0.25) is 0 Å². The van der Waals surface area contributed by atoms with Gasteiger partial charge in [-0.3, -0.25) is 0 Å². The molecule has 0 fully saturated rings. The van der Waals surface area contributed by atoms with E-state index in [1.54, 1.807) is 12.1 Å². The van der Waals surface area contributed by atoms with Crippen LogP contribution < -0.4 is 10.1 Å². The summed E-state index contributed by atoms with van der Waals surface area (Å²) in [6.45, 7) is 3.22. The van der Waals surface area contributed by atoms with Crippen LogP contribution in [0, 0.1) is 0 Å². The Morgan fingerprint density at radius 2 is 1.95 bits per heavy atom. The maximum atomic E-state index is 11.5. The van der Waals surface area contributed by atoms with Crippen molar-refractivity contribution in [2.24, 2.45) is 0 Å². The molecule has 4 heteroatoms. The van der Waals surface area contributed by atoms with Crippen molar-refractivity contribution < 1.29 is 14.3 Å². The molecule has 0 atom stereocenters. The van der Waals surface area contributed by atoms with Crippen molar-refractivity contribution in [3.8, 4) is 5.75 Å². The largest absolute Gasteiger partial charge is 0.494 e. The summed E-state index contributed by atoms with van der Waals surface area (Å²) in [6, 6.07) is 15.1. The molecule has 0 aromatic heterocycles. The minimum Gasteiger partial charge on any atom is -0.494 e. The highest BCUT2D eigenvalue weighted by molar-refractivity contribution is 5.90. The normalized spacial score (nSPS) is 10.0. The highest BCUT2D eigenvalue weighted by Crippen LogP contribution is 2.20. The summed E-state index contributed by atoms with van der Waals surface area (Å²) in [5.41, 5.74) is 2.47. The van der Waals surface area contributed by atoms with E-state index in [4.69, 9.17) is 9.47 Å². The lowest BCUT2D eigenvalue weighted by molar-refractivity contribution is 0.0601. The zero-order valence-corrected chi connectivity index (χ0v) is 12.3. The SMILES string of the molecule is CCOc1ccccc1CNc1cccc(C(=O)OC)c1. The van der Waals surface area contributed by atoms with E-state index in [2.05, 4.69) is 5.32 Å². The van der Waals surface area contributed by atoms with Gasteiger partial charge in [0.15, 0.2) is 0 Å². The Balaban J connectivity index is 2.08. The van der Waals surface area contributed by atoms with Gasteiger partial charge in [0, 0.05) is 17.8 Å². The van der Waals surface area contributed by atoms with E-state index in [1.165, 1.54) is 7.11 Å². The summed E-state index contributed by atoms with van der Waals surface area (Å²) in [5, 5.41) is 3.29. The third-order valence-corrected chi connectivity index (χ3v) is 3.04. The lowest BCUT2D eigenvalue weighted by Crippen LogP contribution is -2.05. The van der Waals surface area contributed by atoms with E-state index < -0.39 is 0 Å². The minimum absolute atomic E-state index is 0.339. The van der Waals surface area contributed by atoms with Crippen LogP contribution in [0.5, 0.6) is 5.75 Å². The molecule has 0 aliphatic rings. The van der Waals surface area contributed by atoms with Crippen LogP contribution in [0.1, 0.15) is 22.8 Å². The number of hydrogen-bond acceptors (Lipinski definition) is 4. The van der Waals surface area contributed by atoms with Crippen LogP contribution in [-0.4, -0.2) is 19.7 Å². The van der Waals surface area contributed by atoms with Gasteiger partial charge in [-0.1, -0.05) is 24.3 Å². The molecule has 0 aliphatic heterocycles. The summed E-state index contributed by atoms with van der Waals surface area (Å²) >= 11 is 0. The number of benzene rings is 2. The van der Waals surface area contributed by atoms with Crippen LogP contribution in [0.15, 0.2) is 48.5 Å². The predicted molar refractivity (Wildman–Crippen MR) is 82.7 cm³/mol. The van der Waals surface area contributed by atoms with Crippen molar-refractivity contribution in [1.29, 1.82) is 0 Å². The number of anilines is 1. The molecular formula is C17H19NO3. The minimum atomic E-state index is -0.339. The first kappa shape index (κ1) is 14.9. The molecule has 0 spiro atoms. The Morgan fingerprint density at radius 3 is 2.71 bits per heavy atom. The Hall–Kier alpha value is -2.49. The van der Waals surface area contributed by atoms with E-state index in [9.17, 15) is 4.79 Å². The number of ether oxygens (including phenoxy) is 2. The van der Waals surface area contributed by atoms with Gasteiger partial charge < -0.3 is 14.8 Å². The second kappa shape index (κ2) is 7.33. The van der Waals surface area contributed by atoms with Crippen LogP contribution in [-0.2, 0) is 11.3 Å². The molecule has 2 aromatic carbocycles. The highest BCUT2D eigenvalue weighted by Gasteiger charge is 2.06. The molecule has 0 unspecified atom stereocenters. The van der Waals surface area contributed by atoms with E-state index in [0.29, 0.717) is 18.7 Å². The standard InChI is InChI=1S/C17H19NO3/c1-3-21-16-10-5-4-7-14(16)12-18-15-9-6-8-13(11-15)17(19)20-2/h4-11,18H,3,12H2,1-2H3. The van der Waals surface area contributed by atoms with Gasteiger partial charge in [-0.2, -0.15) is 0 Å². The molecule has 0 saturated carbocycles. The zero-order valence-electron chi connectivity index (χ0n) is 12.3. The Kier molecular flexibility index (Phi) is 5.21. The van der Waals surface area contributed by atoms with E-state index in [1.807, 2.05) is 43.3 Å². The molecule has 2 aromatic rings. The summed E-state index contributed by atoms with van der Waals surface area (Å²) < 4.78 is 10.3. The first-order chi connectivity index (χ1) is 10.2. The molecule has 1 N–H and O–H groups in total. The van der Waals surface area contributed by atoms with Crippen molar-refractivity contribution in [1.82, 2.24) is 0 Å². The molecule has 4 nitrogen and oxygen atoms in total. The number of rotatable bonds is 6. The van der Waals surface area contributed by atoms with Gasteiger partial charge >= 0.3 is 5.97 Å². The maximum Gasteiger partial charge on any atom is 0.337 e. The molecule has 0 heterocycles. The van der Waals surface area contributed by atoms with Gasteiger partial charge in [0.1, 0.15) is 5.75 Å². The van der Waals surface area contributed by atoms with Gasteiger partial charge in [0.2, 0.25) is 0 Å². The third-order valence-electron chi connectivity index (χ3n) is 3.04. The van der Waals surface area contributed by atoms with E-state index >= 15 is 0 Å². The summed E-state index contributed by atoms with van der Waals surface area (Å²) in [5.74, 6) is 0.532. The second-order valence-corrected chi connectivity index (χ2v) is 4.47. The van der Waals surface area contributed by atoms with Crippen LogP contribution in [0.4, 0.5) is 5.69 Å². The molecule has 0 aliphatic carbocycles. The molecule has 0 amide bonds. The number of hydrogen-bond donors (Lipinski definition) is 1. The van der Waals surface area contributed by atoms with Crippen molar-refractivity contribution in [3.05, 3.63) is 59.7 Å². The number of methoxy groups -OCH3 is 1. The Morgan fingerprint density at radius 1 is 1.14 bits per heavy atom. The number of para-hydroxylation sites is 1. The Labute approximate surface area is 124 Å². The number of esters is 1.